The van der Waals surface area contributed by atoms with Crippen molar-refractivity contribution in [2.75, 3.05) is 13.2 Å². The van der Waals surface area contributed by atoms with E-state index in [2.05, 4.69) is 31.2 Å². The lowest BCUT2D eigenvalue weighted by Gasteiger charge is -2.13. The zero-order valence-corrected chi connectivity index (χ0v) is 12.4. The quantitative estimate of drug-likeness (QED) is 0.426. The lowest BCUT2D eigenvalue weighted by atomic mass is 10.0. The molecule has 1 saturated carbocycles. The molecule has 3 heteroatoms. The highest BCUT2D eigenvalue weighted by Crippen LogP contribution is 2.20. The van der Waals surface area contributed by atoms with Gasteiger partial charge in [0, 0.05) is 12.6 Å². The van der Waals surface area contributed by atoms with Gasteiger partial charge in [0.15, 0.2) is 0 Å². The number of rotatable bonds is 7. The van der Waals surface area contributed by atoms with Gasteiger partial charge >= 0.3 is 0 Å². The van der Waals surface area contributed by atoms with E-state index >= 15 is 0 Å². The topological polar surface area (TPSA) is 33.6 Å². The van der Waals surface area contributed by atoms with Gasteiger partial charge in [-0.15, -0.1) is 0 Å². The lowest BCUT2D eigenvalue weighted by Crippen LogP contribution is -2.30. The fourth-order valence-electron chi connectivity index (χ4n) is 2.53. The van der Waals surface area contributed by atoms with Crippen molar-refractivity contribution in [3.63, 3.8) is 0 Å². The molecule has 1 atom stereocenters. The molecule has 1 fully saturated rings. The van der Waals surface area contributed by atoms with Crippen LogP contribution in [0.4, 0.5) is 0 Å². The van der Waals surface area contributed by atoms with E-state index in [0.717, 1.165) is 25.3 Å². The molecule has 1 aliphatic carbocycles. The smallest absolute Gasteiger partial charge is 0.129 e. The van der Waals surface area contributed by atoms with Crippen molar-refractivity contribution in [1.29, 1.82) is 0 Å². The fraction of sp³-hybridized carbons (Fsp3) is 0.933. The highest BCUT2D eigenvalue weighted by atomic mass is 16.6. The van der Waals surface area contributed by atoms with Crippen molar-refractivity contribution in [3.05, 3.63) is 0 Å². The molecule has 0 aromatic heterocycles. The standard InChI is InChI=1S/C15H30N2O/c1-4-14(5-2)16-10-11-18-17-15-9-7-6-8-13(3)12-15/h13-14,16H,4-12H2,1-3H3. The van der Waals surface area contributed by atoms with Crippen molar-refractivity contribution in [3.8, 4) is 0 Å². The molecule has 18 heavy (non-hydrogen) atoms. The number of hydrogen-bond donors (Lipinski definition) is 1. The van der Waals surface area contributed by atoms with Crippen LogP contribution in [0.1, 0.15) is 65.7 Å². The minimum Gasteiger partial charge on any atom is -0.394 e. The largest absolute Gasteiger partial charge is 0.394 e. The molecule has 106 valence electrons. The van der Waals surface area contributed by atoms with E-state index in [1.807, 2.05) is 0 Å². The predicted molar refractivity (Wildman–Crippen MR) is 78.0 cm³/mol. The average molecular weight is 254 g/mol. The maximum Gasteiger partial charge on any atom is 0.129 e. The van der Waals surface area contributed by atoms with Gasteiger partial charge in [0.1, 0.15) is 6.61 Å². The second-order valence-corrected chi connectivity index (χ2v) is 5.51. The van der Waals surface area contributed by atoms with Crippen molar-refractivity contribution < 1.29 is 4.84 Å². The van der Waals surface area contributed by atoms with Gasteiger partial charge in [-0.2, -0.15) is 0 Å². The molecule has 1 N–H and O–H groups in total. The average Bonchev–Trinajstić information content (AvgIpc) is 2.58. The monoisotopic (exact) mass is 254 g/mol. The molecule has 0 aromatic carbocycles. The molecular formula is C15H30N2O. The molecule has 1 rings (SSSR count). The third-order valence-corrected chi connectivity index (χ3v) is 3.80. The fourth-order valence-corrected chi connectivity index (χ4v) is 2.53. The van der Waals surface area contributed by atoms with E-state index in [4.69, 9.17) is 4.84 Å². The predicted octanol–water partition coefficient (Wildman–Crippen LogP) is 3.74. The van der Waals surface area contributed by atoms with Crippen LogP contribution in [0.5, 0.6) is 0 Å². The normalized spacial score (nSPS) is 23.3. The van der Waals surface area contributed by atoms with Gasteiger partial charge < -0.3 is 10.2 Å². The van der Waals surface area contributed by atoms with Crippen LogP contribution in [0, 0.1) is 5.92 Å². The number of nitrogens with one attached hydrogen (secondary N) is 1. The van der Waals surface area contributed by atoms with Crippen molar-refractivity contribution in [2.45, 2.75) is 71.8 Å². The third-order valence-electron chi connectivity index (χ3n) is 3.80. The van der Waals surface area contributed by atoms with Crippen LogP contribution in [0.3, 0.4) is 0 Å². The zero-order valence-electron chi connectivity index (χ0n) is 12.4. The SMILES string of the molecule is CCC(CC)NCCON=C1CCCCC(C)C1. The van der Waals surface area contributed by atoms with Crippen LogP contribution in [-0.4, -0.2) is 24.9 Å². The van der Waals surface area contributed by atoms with Crippen LogP contribution in [0.15, 0.2) is 5.16 Å². The first kappa shape index (κ1) is 15.5. The summed E-state index contributed by atoms with van der Waals surface area (Å²) in [5.74, 6) is 0.775. The maximum atomic E-state index is 5.44. The highest BCUT2D eigenvalue weighted by Gasteiger charge is 2.12. The van der Waals surface area contributed by atoms with Crippen LogP contribution in [-0.2, 0) is 4.84 Å². The van der Waals surface area contributed by atoms with Gasteiger partial charge in [0.2, 0.25) is 0 Å². The van der Waals surface area contributed by atoms with Gasteiger partial charge in [-0.05, 0) is 38.0 Å². The number of hydrogen-bond acceptors (Lipinski definition) is 3. The summed E-state index contributed by atoms with van der Waals surface area (Å²) >= 11 is 0. The molecule has 0 heterocycles. The molecule has 1 unspecified atom stereocenters. The summed E-state index contributed by atoms with van der Waals surface area (Å²) in [6, 6.07) is 0.624. The molecule has 0 aromatic rings. The van der Waals surface area contributed by atoms with Gasteiger partial charge in [-0.1, -0.05) is 38.8 Å². The Morgan fingerprint density at radius 3 is 2.83 bits per heavy atom. The zero-order chi connectivity index (χ0) is 13.2. The Hall–Kier alpha value is -0.570. The Morgan fingerprint density at radius 1 is 1.33 bits per heavy atom. The number of oxime groups is 1. The Bertz CT molecular complexity index is 237. The van der Waals surface area contributed by atoms with Crippen LogP contribution >= 0.6 is 0 Å². The molecule has 0 radical (unpaired) electrons. The summed E-state index contributed by atoms with van der Waals surface area (Å²) in [6.45, 7) is 8.34. The van der Waals surface area contributed by atoms with Gasteiger partial charge in [0.25, 0.3) is 0 Å². The molecule has 3 nitrogen and oxygen atoms in total. The summed E-state index contributed by atoms with van der Waals surface area (Å²) in [7, 11) is 0. The second-order valence-electron chi connectivity index (χ2n) is 5.51. The van der Waals surface area contributed by atoms with Crippen LogP contribution < -0.4 is 5.32 Å². The Labute approximate surface area is 112 Å². The van der Waals surface area contributed by atoms with E-state index in [1.165, 1.54) is 37.8 Å². The molecule has 0 spiro atoms. The highest BCUT2D eigenvalue weighted by molar-refractivity contribution is 5.84. The third kappa shape index (κ3) is 6.39. The first-order valence-corrected chi connectivity index (χ1v) is 7.67. The minimum absolute atomic E-state index is 0.624. The first-order valence-electron chi connectivity index (χ1n) is 7.67. The second kappa shape index (κ2) is 9.37. The van der Waals surface area contributed by atoms with E-state index in [1.54, 1.807) is 0 Å². The Morgan fingerprint density at radius 2 is 2.11 bits per heavy atom. The Kier molecular flexibility index (Phi) is 8.06. The van der Waals surface area contributed by atoms with Gasteiger partial charge in [-0.25, -0.2) is 0 Å². The van der Waals surface area contributed by atoms with E-state index < -0.39 is 0 Å². The minimum atomic E-state index is 0.624. The van der Waals surface area contributed by atoms with Crippen molar-refractivity contribution in [1.82, 2.24) is 5.32 Å². The first-order chi connectivity index (χ1) is 8.76. The summed E-state index contributed by atoms with van der Waals surface area (Å²) in [4.78, 5) is 5.44. The van der Waals surface area contributed by atoms with Gasteiger partial charge in [-0.3, -0.25) is 0 Å². The molecule has 0 amide bonds. The summed E-state index contributed by atoms with van der Waals surface area (Å²) in [5.41, 5.74) is 1.27. The summed E-state index contributed by atoms with van der Waals surface area (Å²) in [5, 5.41) is 7.80. The van der Waals surface area contributed by atoms with E-state index in [0.29, 0.717) is 12.6 Å². The van der Waals surface area contributed by atoms with E-state index in [-0.39, 0.29) is 0 Å². The molecule has 1 aliphatic rings. The molecule has 0 bridgehead atoms. The maximum absolute atomic E-state index is 5.44. The molecular weight excluding hydrogens is 224 g/mol. The summed E-state index contributed by atoms with van der Waals surface area (Å²) < 4.78 is 0. The molecule has 0 saturated heterocycles. The van der Waals surface area contributed by atoms with Crippen molar-refractivity contribution in [2.24, 2.45) is 11.1 Å². The van der Waals surface area contributed by atoms with Crippen LogP contribution in [0.25, 0.3) is 0 Å². The van der Waals surface area contributed by atoms with Gasteiger partial charge in [0.05, 0.1) is 5.71 Å². The van der Waals surface area contributed by atoms with E-state index in [9.17, 15) is 0 Å². The summed E-state index contributed by atoms with van der Waals surface area (Å²) in [6.07, 6.45) is 8.58. The number of nitrogens with zero attached hydrogens (tertiary/aromatic N) is 1. The Balaban J connectivity index is 2.15. The van der Waals surface area contributed by atoms with Crippen molar-refractivity contribution >= 4 is 5.71 Å². The van der Waals surface area contributed by atoms with Crippen LogP contribution in [0.2, 0.25) is 0 Å². The lowest BCUT2D eigenvalue weighted by molar-refractivity contribution is 0.141. The molecule has 0 aliphatic heterocycles.